The number of carbonyl (C=O) groups excluding carboxylic acids is 1. The summed E-state index contributed by atoms with van der Waals surface area (Å²) in [5.41, 5.74) is 2.04. The molecule has 2 aromatic carbocycles. The van der Waals surface area contributed by atoms with Crippen molar-refractivity contribution in [3.8, 4) is 11.5 Å². The van der Waals surface area contributed by atoms with E-state index in [0.717, 1.165) is 26.7 Å². The van der Waals surface area contributed by atoms with Gasteiger partial charge >= 0.3 is 0 Å². The van der Waals surface area contributed by atoms with Gasteiger partial charge in [0.2, 0.25) is 5.91 Å². The molecule has 1 fully saturated rings. The van der Waals surface area contributed by atoms with Gasteiger partial charge < -0.3 is 19.3 Å². The van der Waals surface area contributed by atoms with Gasteiger partial charge in [0.15, 0.2) is 15.0 Å². The van der Waals surface area contributed by atoms with E-state index in [1.807, 2.05) is 17.0 Å². The van der Waals surface area contributed by atoms with E-state index in [0.29, 0.717) is 38.3 Å². The summed E-state index contributed by atoms with van der Waals surface area (Å²) < 4.78 is 36.7. The normalized spacial score (nSPS) is 14.4. The fourth-order valence-electron chi connectivity index (χ4n) is 4.02. The van der Waals surface area contributed by atoms with Gasteiger partial charge in [-0.15, -0.1) is 0 Å². The van der Waals surface area contributed by atoms with Crippen molar-refractivity contribution in [3.63, 3.8) is 0 Å². The van der Waals surface area contributed by atoms with Crippen molar-refractivity contribution in [2.24, 2.45) is 0 Å². The number of piperazine rings is 1. The van der Waals surface area contributed by atoms with Crippen LogP contribution in [0.25, 0.3) is 10.2 Å². The maximum atomic E-state index is 12.7. The number of methoxy groups -OCH3 is 2. The van der Waals surface area contributed by atoms with E-state index in [9.17, 15) is 13.2 Å². The van der Waals surface area contributed by atoms with Gasteiger partial charge in [0.1, 0.15) is 17.0 Å². The number of nitrogens with zero attached hydrogens (tertiary/aromatic N) is 3. The highest BCUT2D eigenvalue weighted by atomic mass is 32.2. The molecule has 10 heteroatoms. The third-order valence-electron chi connectivity index (χ3n) is 6.04. The fourth-order valence-corrected chi connectivity index (χ4v) is 6.43. The standard InChI is InChI=1S/C24H29N3O5S2/c1-17-6-11-20(32-3)22-23(17)33-24(25-22)27-14-12-26(13-15-27)21(28)5-4-16-34(29,30)19-9-7-18(31-2)8-10-19/h6-11H,4-5,12-16H2,1-3H3. The van der Waals surface area contributed by atoms with Crippen LogP contribution in [0.1, 0.15) is 18.4 Å². The van der Waals surface area contributed by atoms with E-state index >= 15 is 0 Å². The smallest absolute Gasteiger partial charge is 0.222 e. The van der Waals surface area contributed by atoms with Crippen LogP contribution in [0.3, 0.4) is 0 Å². The topological polar surface area (TPSA) is 89.0 Å². The van der Waals surface area contributed by atoms with Crippen LogP contribution in [0.2, 0.25) is 0 Å². The lowest BCUT2D eigenvalue weighted by molar-refractivity contribution is -0.131. The number of aryl methyl sites for hydroxylation is 1. The number of sulfone groups is 1. The van der Waals surface area contributed by atoms with Crippen LogP contribution in [0.15, 0.2) is 41.3 Å². The molecule has 8 nitrogen and oxygen atoms in total. The first kappa shape index (κ1) is 24.3. The summed E-state index contributed by atoms with van der Waals surface area (Å²) in [7, 11) is -0.248. The molecule has 1 aliphatic rings. The molecule has 0 saturated carbocycles. The highest BCUT2D eigenvalue weighted by molar-refractivity contribution is 7.91. The predicted molar refractivity (Wildman–Crippen MR) is 134 cm³/mol. The lowest BCUT2D eigenvalue weighted by Gasteiger charge is -2.34. The number of hydrogen-bond donors (Lipinski definition) is 0. The summed E-state index contributed by atoms with van der Waals surface area (Å²) >= 11 is 1.64. The van der Waals surface area contributed by atoms with E-state index < -0.39 is 9.84 Å². The Morgan fingerprint density at radius 1 is 1.03 bits per heavy atom. The van der Waals surface area contributed by atoms with Crippen molar-refractivity contribution in [2.45, 2.75) is 24.7 Å². The third-order valence-corrected chi connectivity index (χ3v) is 9.11. The predicted octanol–water partition coefficient (Wildman–Crippen LogP) is 3.52. The first-order valence-corrected chi connectivity index (χ1v) is 13.6. The minimum absolute atomic E-state index is 0.00797. The zero-order valence-electron chi connectivity index (χ0n) is 19.6. The minimum Gasteiger partial charge on any atom is -0.497 e. The van der Waals surface area contributed by atoms with Crippen molar-refractivity contribution >= 4 is 42.4 Å². The molecule has 0 aliphatic carbocycles. The molecular weight excluding hydrogens is 474 g/mol. The Morgan fingerprint density at radius 2 is 1.74 bits per heavy atom. The number of fused-ring (bicyclic) bond motifs is 1. The van der Waals surface area contributed by atoms with Crippen molar-refractivity contribution in [3.05, 3.63) is 42.0 Å². The average Bonchev–Trinajstić information content (AvgIpc) is 3.31. The summed E-state index contributed by atoms with van der Waals surface area (Å²) in [6, 6.07) is 10.3. The van der Waals surface area contributed by atoms with Crippen LogP contribution in [-0.2, 0) is 14.6 Å². The summed E-state index contributed by atoms with van der Waals surface area (Å²) in [6.45, 7) is 4.63. The molecule has 1 aromatic heterocycles. The highest BCUT2D eigenvalue weighted by Gasteiger charge is 2.24. The number of carbonyl (C=O) groups is 1. The van der Waals surface area contributed by atoms with Gasteiger partial charge in [-0.2, -0.15) is 0 Å². The average molecular weight is 504 g/mol. The Labute approximate surface area is 204 Å². The molecule has 2 heterocycles. The first-order valence-electron chi connectivity index (χ1n) is 11.2. The zero-order chi connectivity index (χ0) is 24.3. The van der Waals surface area contributed by atoms with E-state index in [2.05, 4.69) is 11.8 Å². The summed E-state index contributed by atoms with van der Waals surface area (Å²) in [5, 5.41) is 0.931. The van der Waals surface area contributed by atoms with Crippen molar-refractivity contribution in [1.29, 1.82) is 0 Å². The van der Waals surface area contributed by atoms with Gasteiger partial charge in [-0.1, -0.05) is 17.4 Å². The Morgan fingerprint density at radius 3 is 2.38 bits per heavy atom. The molecule has 34 heavy (non-hydrogen) atoms. The molecule has 1 aliphatic heterocycles. The van der Waals surface area contributed by atoms with Crippen LogP contribution in [0.5, 0.6) is 11.5 Å². The molecule has 0 spiro atoms. The molecule has 0 bridgehead atoms. The first-order chi connectivity index (χ1) is 16.3. The van der Waals surface area contributed by atoms with Gasteiger partial charge in [0.25, 0.3) is 0 Å². The number of benzene rings is 2. The van der Waals surface area contributed by atoms with Crippen LogP contribution < -0.4 is 14.4 Å². The maximum Gasteiger partial charge on any atom is 0.222 e. The Kier molecular flexibility index (Phi) is 7.27. The maximum absolute atomic E-state index is 12.7. The zero-order valence-corrected chi connectivity index (χ0v) is 21.2. The van der Waals surface area contributed by atoms with Crippen molar-refractivity contribution in [1.82, 2.24) is 9.88 Å². The Hall–Kier alpha value is -2.85. The van der Waals surface area contributed by atoms with E-state index in [1.165, 1.54) is 19.2 Å². The molecule has 1 amide bonds. The fraction of sp³-hybridized carbons (Fsp3) is 0.417. The molecule has 0 radical (unpaired) electrons. The van der Waals surface area contributed by atoms with Gasteiger partial charge in [-0.05, 0) is 49.2 Å². The van der Waals surface area contributed by atoms with Crippen LogP contribution in [0.4, 0.5) is 5.13 Å². The summed E-state index contributed by atoms with van der Waals surface area (Å²) in [6.07, 6.45) is 0.511. The summed E-state index contributed by atoms with van der Waals surface area (Å²) in [5.74, 6) is 1.30. The van der Waals surface area contributed by atoms with Gasteiger partial charge in [0, 0.05) is 32.6 Å². The minimum atomic E-state index is -3.43. The second kappa shape index (κ2) is 10.2. The van der Waals surface area contributed by atoms with Crippen LogP contribution in [0, 0.1) is 6.92 Å². The van der Waals surface area contributed by atoms with E-state index in [4.69, 9.17) is 14.5 Å². The number of hydrogen-bond acceptors (Lipinski definition) is 8. The number of rotatable bonds is 8. The molecular formula is C24H29N3O5S2. The highest BCUT2D eigenvalue weighted by Crippen LogP contribution is 2.36. The van der Waals surface area contributed by atoms with Crippen LogP contribution >= 0.6 is 11.3 Å². The molecule has 0 unspecified atom stereocenters. The quantitative estimate of drug-likeness (QED) is 0.465. The number of aromatic nitrogens is 1. The Balaban J connectivity index is 1.30. The second-order valence-electron chi connectivity index (χ2n) is 8.22. The molecule has 0 atom stereocenters. The SMILES string of the molecule is COc1ccc(S(=O)(=O)CCCC(=O)N2CCN(c3nc4c(OC)ccc(C)c4s3)CC2)cc1. The van der Waals surface area contributed by atoms with Gasteiger partial charge in [-0.3, -0.25) is 4.79 Å². The Bertz CT molecular complexity index is 1260. The molecule has 0 N–H and O–H groups in total. The van der Waals surface area contributed by atoms with Gasteiger partial charge in [0.05, 0.1) is 29.6 Å². The number of ether oxygens (including phenoxy) is 2. The molecule has 4 rings (SSSR count). The molecule has 182 valence electrons. The molecule has 1 saturated heterocycles. The second-order valence-corrected chi connectivity index (χ2v) is 11.3. The lowest BCUT2D eigenvalue weighted by atomic mass is 10.2. The number of amides is 1. The van der Waals surface area contributed by atoms with Gasteiger partial charge in [-0.25, -0.2) is 13.4 Å². The monoisotopic (exact) mass is 503 g/mol. The largest absolute Gasteiger partial charge is 0.497 e. The van der Waals surface area contributed by atoms with E-state index in [1.54, 1.807) is 30.6 Å². The number of anilines is 1. The summed E-state index contributed by atoms with van der Waals surface area (Å²) in [4.78, 5) is 21.7. The lowest BCUT2D eigenvalue weighted by Crippen LogP contribution is -2.48. The third kappa shape index (κ3) is 5.12. The van der Waals surface area contributed by atoms with E-state index in [-0.39, 0.29) is 23.0 Å². The van der Waals surface area contributed by atoms with Crippen molar-refractivity contribution in [2.75, 3.05) is 51.1 Å². The van der Waals surface area contributed by atoms with Crippen molar-refractivity contribution < 1.29 is 22.7 Å². The van der Waals surface area contributed by atoms with Crippen LogP contribution in [-0.4, -0.2) is 70.4 Å². The number of thiazole rings is 1. The molecule has 3 aromatic rings.